The number of nitrogens with one attached hydrogen (secondary N) is 2. The fourth-order valence-electron chi connectivity index (χ4n) is 2.42. The smallest absolute Gasteiger partial charge is 0.248 e. The Morgan fingerprint density at radius 2 is 2.00 bits per heavy atom. The molecule has 8 heteroatoms. The molecule has 2 amide bonds. The van der Waals surface area contributed by atoms with Crippen molar-refractivity contribution in [2.24, 2.45) is 13.0 Å². The van der Waals surface area contributed by atoms with E-state index in [9.17, 15) is 9.59 Å². The van der Waals surface area contributed by atoms with Crippen LogP contribution >= 0.6 is 11.3 Å². The molecule has 0 aliphatic rings. The van der Waals surface area contributed by atoms with Gasteiger partial charge in [-0.15, -0.1) is 11.3 Å². The van der Waals surface area contributed by atoms with E-state index < -0.39 is 6.04 Å². The Hall–Kier alpha value is -2.22. The van der Waals surface area contributed by atoms with Gasteiger partial charge >= 0.3 is 0 Å². The SMILES string of the molecule is CC(C)CC(NC(=O)C(C)c1ccnn1C)C(=O)Nc1nccs1. The Kier molecular flexibility index (Phi) is 6.08. The zero-order valence-electron chi connectivity index (χ0n) is 14.3. The van der Waals surface area contributed by atoms with E-state index in [1.165, 1.54) is 11.3 Å². The van der Waals surface area contributed by atoms with Gasteiger partial charge in [-0.25, -0.2) is 4.98 Å². The second-order valence-electron chi connectivity index (χ2n) is 6.12. The lowest BCUT2D eigenvalue weighted by Crippen LogP contribution is -2.46. The standard InChI is InChI=1S/C16H23N5O2S/c1-10(2)9-12(15(23)20-16-17-7-8-24-16)19-14(22)11(3)13-5-6-18-21(13)4/h5-8,10-12H,9H2,1-4H3,(H,19,22)(H,17,20,23). The van der Waals surface area contributed by atoms with E-state index in [4.69, 9.17) is 0 Å². The summed E-state index contributed by atoms with van der Waals surface area (Å²) in [6.07, 6.45) is 3.84. The lowest BCUT2D eigenvalue weighted by molar-refractivity contribution is -0.127. The minimum Gasteiger partial charge on any atom is -0.344 e. The molecule has 2 heterocycles. The molecule has 0 bridgehead atoms. The molecule has 0 aliphatic heterocycles. The number of thiazole rings is 1. The number of amides is 2. The number of hydrogen-bond acceptors (Lipinski definition) is 5. The third-order valence-electron chi connectivity index (χ3n) is 3.70. The summed E-state index contributed by atoms with van der Waals surface area (Å²) in [4.78, 5) is 29.1. The van der Waals surface area contributed by atoms with Crippen LogP contribution in [0.25, 0.3) is 0 Å². The highest BCUT2D eigenvalue weighted by Gasteiger charge is 2.26. The minimum absolute atomic E-state index is 0.196. The molecule has 2 N–H and O–H groups in total. The van der Waals surface area contributed by atoms with E-state index >= 15 is 0 Å². The molecule has 0 radical (unpaired) electrons. The molecular formula is C16H23N5O2S. The second-order valence-corrected chi connectivity index (χ2v) is 7.01. The number of anilines is 1. The van der Waals surface area contributed by atoms with Gasteiger partial charge < -0.3 is 10.6 Å². The number of carbonyl (C=O) groups excluding carboxylic acids is 2. The predicted molar refractivity (Wildman–Crippen MR) is 93.8 cm³/mol. The molecule has 24 heavy (non-hydrogen) atoms. The molecule has 0 aromatic carbocycles. The van der Waals surface area contributed by atoms with Crippen molar-refractivity contribution >= 4 is 28.3 Å². The van der Waals surface area contributed by atoms with E-state index in [0.717, 1.165) is 5.69 Å². The van der Waals surface area contributed by atoms with Gasteiger partial charge in [-0.3, -0.25) is 14.3 Å². The minimum atomic E-state index is -0.600. The highest BCUT2D eigenvalue weighted by atomic mass is 32.1. The van der Waals surface area contributed by atoms with Crippen molar-refractivity contribution in [3.05, 3.63) is 29.5 Å². The van der Waals surface area contributed by atoms with Crippen LogP contribution < -0.4 is 10.6 Å². The quantitative estimate of drug-likeness (QED) is 0.801. The number of aryl methyl sites for hydroxylation is 1. The summed E-state index contributed by atoms with van der Waals surface area (Å²) >= 11 is 1.35. The van der Waals surface area contributed by atoms with E-state index in [-0.39, 0.29) is 23.7 Å². The Morgan fingerprint density at radius 3 is 2.54 bits per heavy atom. The van der Waals surface area contributed by atoms with E-state index in [1.54, 1.807) is 42.5 Å². The maximum atomic E-state index is 12.5. The average molecular weight is 349 g/mol. The van der Waals surface area contributed by atoms with Gasteiger partial charge in [-0.2, -0.15) is 5.10 Å². The molecule has 2 atom stereocenters. The van der Waals surface area contributed by atoms with E-state index in [2.05, 4.69) is 20.7 Å². The Balaban J connectivity index is 2.06. The molecule has 2 rings (SSSR count). The Morgan fingerprint density at radius 1 is 1.25 bits per heavy atom. The van der Waals surface area contributed by atoms with Gasteiger partial charge in [0.2, 0.25) is 11.8 Å². The first-order valence-electron chi connectivity index (χ1n) is 7.87. The normalized spacial score (nSPS) is 13.5. The average Bonchev–Trinajstić information content (AvgIpc) is 3.16. The highest BCUT2D eigenvalue weighted by molar-refractivity contribution is 7.13. The molecule has 2 aromatic rings. The van der Waals surface area contributed by atoms with Crippen LogP contribution in [0.1, 0.15) is 38.8 Å². The monoisotopic (exact) mass is 349 g/mol. The largest absolute Gasteiger partial charge is 0.344 e. The van der Waals surface area contributed by atoms with Crippen molar-refractivity contribution in [2.45, 2.75) is 39.2 Å². The summed E-state index contributed by atoms with van der Waals surface area (Å²) in [5.41, 5.74) is 0.802. The maximum Gasteiger partial charge on any atom is 0.248 e. The first-order valence-corrected chi connectivity index (χ1v) is 8.75. The third kappa shape index (κ3) is 4.64. The van der Waals surface area contributed by atoms with Gasteiger partial charge in [-0.05, 0) is 25.3 Å². The molecule has 2 unspecified atom stereocenters. The van der Waals surface area contributed by atoms with Crippen molar-refractivity contribution in [1.29, 1.82) is 0 Å². The van der Waals surface area contributed by atoms with Crippen LogP contribution in [0.3, 0.4) is 0 Å². The van der Waals surface area contributed by atoms with E-state index in [0.29, 0.717) is 11.6 Å². The third-order valence-corrected chi connectivity index (χ3v) is 4.39. The van der Waals surface area contributed by atoms with Crippen molar-refractivity contribution in [2.75, 3.05) is 5.32 Å². The molecule has 0 saturated carbocycles. The summed E-state index contributed by atoms with van der Waals surface area (Å²) in [5.74, 6) is -0.563. The maximum absolute atomic E-state index is 12.5. The number of hydrogen-bond donors (Lipinski definition) is 2. The first kappa shape index (κ1) is 18.1. The molecule has 7 nitrogen and oxygen atoms in total. The van der Waals surface area contributed by atoms with Gasteiger partial charge in [0.05, 0.1) is 11.6 Å². The molecule has 130 valence electrons. The molecule has 0 spiro atoms. The molecule has 2 aromatic heterocycles. The predicted octanol–water partition coefficient (Wildman–Crippen LogP) is 2.15. The van der Waals surface area contributed by atoms with Crippen molar-refractivity contribution in [1.82, 2.24) is 20.1 Å². The number of nitrogens with zero attached hydrogens (tertiary/aromatic N) is 3. The van der Waals surface area contributed by atoms with Crippen molar-refractivity contribution in [3.63, 3.8) is 0 Å². The fourth-order valence-corrected chi connectivity index (χ4v) is 2.95. The van der Waals surface area contributed by atoms with Gasteiger partial charge in [0.1, 0.15) is 6.04 Å². The lowest BCUT2D eigenvalue weighted by Gasteiger charge is -2.21. The van der Waals surface area contributed by atoms with E-state index in [1.807, 2.05) is 13.8 Å². The Labute approximate surface area is 145 Å². The van der Waals surface area contributed by atoms with Crippen molar-refractivity contribution < 1.29 is 9.59 Å². The summed E-state index contributed by atoms with van der Waals surface area (Å²) in [5, 5.41) is 12.0. The number of aromatic nitrogens is 3. The summed E-state index contributed by atoms with van der Waals surface area (Å²) < 4.78 is 1.66. The van der Waals surface area contributed by atoms with Crippen LogP contribution in [0.4, 0.5) is 5.13 Å². The zero-order chi connectivity index (χ0) is 17.7. The highest BCUT2D eigenvalue weighted by Crippen LogP contribution is 2.16. The Bertz CT molecular complexity index is 680. The van der Waals surface area contributed by atoms with Crippen LogP contribution in [0.2, 0.25) is 0 Å². The van der Waals surface area contributed by atoms with Crippen LogP contribution in [0.5, 0.6) is 0 Å². The van der Waals surface area contributed by atoms with Crippen molar-refractivity contribution in [3.8, 4) is 0 Å². The molecule has 0 aliphatic carbocycles. The van der Waals surface area contributed by atoms with Gasteiger partial charge in [-0.1, -0.05) is 13.8 Å². The molecular weight excluding hydrogens is 326 g/mol. The van der Waals surface area contributed by atoms with Crippen LogP contribution in [0.15, 0.2) is 23.8 Å². The number of carbonyl (C=O) groups is 2. The van der Waals surface area contributed by atoms with Crippen LogP contribution in [0, 0.1) is 5.92 Å². The second kappa shape index (κ2) is 8.05. The lowest BCUT2D eigenvalue weighted by atomic mass is 10.0. The van der Waals surface area contributed by atoms with Gasteiger partial charge in [0.15, 0.2) is 5.13 Å². The van der Waals surface area contributed by atoms with Gasteiger partial charge in [0.25, 0.3) is 0 Å². The summed E-state index contributed by atoms with van der Waals surface area (Å²) in [7, 11) is 1.79. The zero-order valence-corrected chi connectivity index (χ0v) is 15.1. The fraction of sp³-hybridized carbons (Fsp3) is 0.500. The van der Waals surface area contributed by atoms with Gasteiger partial charge in [0, 0.05) is 24.8 Å². The first-order chi connectivity index (χ1) is 11.4. The summed E-state index contributed by atoms with van der Waals surface area (Å²) in [6.45, 7) is 5.83. The van der Waals surface area contributed by atoms with Crippen LogP contribution in [-0.4, -0.2) is 32.6 Å². The van der Waals surface area contributed by atoms with Crippen LogP contribution in [-0.2, 0) is 16.6 Å². The topological polar surface area (TPSA) is 88.9 Å². The molecule has 0 saturated heterocycles. The molecule has 0 fully saturated rings. The number of rotatable bonds is 7. The summed E-state index contributed by atoms with van der Waals surface area (Å²) in [6, 6.07) is 1.20.